The summed E-state index contributed by atoms with van der Waals surface area (Å²) in [6.07, 6.45) is 1.89. The molecule has 3 aromatic carbocycles. The molecule has 0 bridgehead atoms. The van der Waals surface area contributed by atoms with Crippen LogP contribution in [0.15, 0.2) is 110 Å². The number of halogens is 1. The molecule has 4 aromatic rings. The van der Waals surface area contributed by atoms with E-state index in [1.807, 2.05) is 78.9 Å². The third kappa shape index (κ3) is 3.55. The smallest absolute Gasteiger partial charge is 0.345 e. The van der Waals surface area contributed by atoms with E-state index in [1.54, 1.807) is 12.1 Å². The fraction of sp³-hybridized carbons (Fsp3) is 0.107. The van der Waals surface area contributed by atoms with Crippen molar-refractivity contribution in [2.75, 3.05) is 7.11 Å². The molecule has 2 heterocycles. The van der Waals surface area contributed by atoms with Crippen molar-refractivity contribution >= 4 is 38.5 Å². The molecule has 1 aliphatic rings. The predicted molar refractivity (Wildman–Crippen MR) is 135 cm³/mol. The highest BCUT2D eigenvalue weighted by Crippen LogP contribution is 2.46. The SMILES string of the molecule is COC1=NC(c2cc3ccccc3oc2=O)=CC(c2ccccc2)(c2ccc(Br)cc2)C1C#N. The van der Waals surface area contributed by atoms with Crippen molar-refractivity contribution in [3.8, 4) is 6.07 Å². The van der Waals surface area contributed by atoms with E-state index in [-0.39, 0.29) is 5.90 Å². The van der Waals surface area contributed by atoms with Gasteiger partial charge in [-0.1, -0.05) is 76.6 Å². The van der Waals surface area contributed by atoms with Gasteiger partial charge in [0.2, 0.25) is 5.90 Å². The molecule has 1 aromatic heterocycles. The summed E-state index contributed by atoms with van der Waals surface area (Å²) in [6.45, 7) is 0. The second kappa shape index (κ2) is 8.77. The van der Waals surface area contributed by atoms with Crippen LogP contribution < -0.4 is 5.63 Å². The topological polar surface area (TPSA) is 75.6 Å². The number of allylic oxidation sites excluding steroid dienone is 1. The van der Waals surface area contributed by atoms with Crippen LogP contribution in [-0.4, -0.2) is 13.0 Å². The van der Waals surface area contributed by atoms with Crippen molar-refractivity contribution in [1.82, 2.24) is 0 Å². The summed E-state index contributed by atoms with van der Waals surface area (Å²) in [5.74, 6) is -0.517. The molecule has 0 N–H and O–H groups in total. The molecule has 2 atom stereocenters. The summed E-state index contributed by atoms with van der Waals surface area (Å²) in [5.41, 5.74) is 1.52. The maximum absolute atomic E-state index is 13.0. The second-order valence-electron chi connectivity index (χ2n) is 7.97. The van der Waals surface area contributed by atoms with E-state index in [1.165, 1.54) is 7.11 Å². The summed E-state index contributed by atoms with van der Waals surface area (Å²) >= 11 is 3.50. The van der Waals surface area contributed by atoms with E-state index in [2.05, 4.69) is 27.0 Å². The first-order valence-corrected chi connectivity index (χ1v) is 11.5. The van der Waals surface area contributed by atoms with Crippen molar-refractivity contribution in [2.45, 2.75) is 5.41 Å². The van der Waals surface area contributed by atoms with Crippen LogP contribution in [0.3, 0.4) is 0 Å². The normalized spacial score (nSPS) is 19.7. The molecule has 0 saturated heterocycles. The molecule has 5 rings (SSSR count). The Morgan fingerprint density at radius 1 is 1.00 bits per heavy atom. The third-order valence-electron chi connectivity index (χ3n) is 6.13. The first-order chi connectivity index (χ1) is 16.6. The van der Waals surface area contributed by atoms with Crippen molar-refractivity contribution in [1.29, 1.82) is 5.26 Å². The monoisotopic (exact) mass is 510 g/mol. The minimum Gasteiger partial charge on any atom is -0.483 e. The molecule has 0 saturated carbocycles. The van der Waals surface area contributed by atoms with Gasteiger partial charge in [-0.15, -0.1) is 0 Å². The Morgan fingerprint density at radius 2 is 1.68 bits per heavy atom. The lowest BCUT2D eigenvalue weighted by atomic mass is 9.64. The molecule has 0 radical (unpaired) electrons. The maximum atomic E-state index is 13.0. The number of methoxy groups -OCH3 is 1. The first kappa shape index (κ1) is 21.9. The summed E-state index contributed by atoms with van der Waals surface area (Å²) < 4.78 is 12.1. The van der Waals surface area contributed by atoms with E-state index >= 15 is 0 Å². The van der Waals surface area contributed by atoms with Crippen LogP contribution in [-0.2, 0) is 10.2 Å². The van der Waals surface area contributed by atoms with Gasteiger partial charge in [0.05, 0.1) is 29.9 Å². The number of hydrogen-bond acceptors (Lipinski definition) is 5. The van der Waals surface area contributed by atoms with E-state index < -0.39 is 17.0 Å². The maximum Gasteiger partial charge on any atom is 0.345 e. The zero-order chi connectivity index (χ0) is 23.7. The fourth-order valence-electron chi connectivity index (χ4n) is 4.51. The van der Waals surface area contributed by atoms with E-state index in [4.69, 9.17) is 9.15 Å². The molecule has 0 spiro atoms. The highest BCUT2D eigenvalue weighted by molar-refractivity contribution is 9.10. The van der Waals surface area contributed by atoms with Gasteiger partial charge in [0.25, 0.3) is 0 Å². The van der Waals surface area contributed by atoms with Crippen LogP contribution in [0.4, 0.5) is 0 Å². The van der Waals surface area contributed by atoms with E-state index in [0.717, 1.165) is 21.0 Å². The molecule has 5 nitrogen and oxygen atoms in total. The van der Waals surface area contributed by atoms with Gasteiger partial charge >= 0.3 is 5.63 Å². The average molecular weight is 511 g/mol. The van der Waals surface area contributed by atoms with Crippen LogP contribution in [0.2, 0.25) is 0 Å². The van der Waals surface area contributed by atoms with Gasteiger partial charge in [0, 0.05) is 9.86 Å². The molecular formula is C28H19BrN2O3. The number of nitriles is 1. The fourth-order valence-corrected chi connectivity index (χ4v) is 4.78. The second-order valence-corrected chi connectivity index (χ2v) is 8.89. The van der Waals surface area contributed by atoms with Crippen LogP contribution in [0.25, 0.3) is 16.7 Å². The summed E-state index contributed by atoms with van der Waals surface area (Å²) in [6, 6.07) is 29.1. The molecule has 34 heavy (non-hydrogen) atoms. The molecule has 0 aliphatic carbocycles. The predicted octanol–water partition coefficient (Wildman–Crippen LogP) is 6.08. The molecular weight excluding hydrogens is 492 g/mol. The minimum atomic E-state index is -0.947. The minimum absolute atomic E-state index is 0.235. The van der Waals surface area contributed by atoms with E-state index in [9.17, 15) is 10.1 Å². The zero-order valence-corrected chi connectivity index (χ0v) is 19.8. The first-order valence-electron chi connectivity index (χ1n) is 10.7. The number of hydrogen-bond donors (Lipinski definition) is 0. The zero-order valence-electron chi connectivity index (χ0n) is 18.2. The van der Waals surface area contributed by atoms with Gasteiger partial charge < -0.3 is 9.15 Å². The summed E-state index contributed by atoms with van der Waals surface area (Å²) in [7, 11) is 1.49. The van der Waals surface area contributed by atoms with Gasteiger partial charge in [-0.3, -0.25) is 0 Å². The Balaban J connectivity index is 1.85. The number of nitrogens with zero attached hydrogens (tertiary/aromatic N) is 2. The Bertz CT molecular complexity index is 1530. The molecule has 6 heteroatoms. The summed E-state index contributed by atoms with van der Waals surface area (Å²) in [5, 5.41) is 11.1. The van der Waals surface area contributed by atoms with Crippen molar-refractivity contribution in [3.63, 3.8) is 0 Å². The van der Waals surface area contributed by atoms with Gasteiger partial charge in [-0.25, -0.2) is 9.79 Å². The lowest BCUT2D eigenvalue weighted by Crippen LogP contribution is -2.42. The van der Waals surface area contributed by atoms with Crippen molar-refractivity contribution in [2.24, 2.45) is 10.9 Å². The average Bonchev–Trinajstić information content (AvgIpc) is 2.88. The molecule has 0 fully saturated rings. The lowest BCUT2D eigenvalue weighted by molar-refractivity contribution is 0.356. The number of para-hydroxylation sites is 1. The Morgan fingerprint density at radius 3 is 2.38 bits per heavy atom. The molecule has 2 unspecified atom stereocenters. The van der Waals surface area contributed by atoms with Crippen LogP contribution >= 0.6 is 15.9 Å². The van der Waals surface area contributed by atoms with Crippen LogP contribution in [0.5, 0.6) is 0 Å². The lowest BCUT2D eigenvalue weighted by Gasteiger charge is -2.39. The van der Waals surface area contributed by atoms with Crippen LogP contribution in [0, 0.1) is 17.2 Å². The highest BCUT2D eigenvalue weighted by atomic mass is 79.9. The van der Waals surface area contributed by atoms with Crippen molar-refractivity contribution in [3.05, 3.63) is 123 Å². The highest BCUT2D eigenvalue weighted by Gasteiger charge is 2.47. The van der Waals surface area contributed by atoms with E-state index in [0.29, 0.717) is 16.8 Å². The quantitative estimate of drug-likeness (QED) is 0.313. The van der Waals surface area contributed by atoms with Crippen LogP contribution in [0.1, 0.15) is 16.7 Å². The Kier molecular flexibility index (Phi) is 5.64. The third-order valence-corrected chi connectivity index (χ3v) is 6.65. The number of ether oxygens (including phenoxy) is 1. The Hall–Kier alpha value is -3.95. The van der Waals surface area contributed by atoms with Crippen molar-refractivity contribution < 1.29 is 9.15 Å². The number of fused-ring (bicyclic) bond motifs is 1. The largest absolute Gasteiger partial charge is 0.483 e. The number of benzene rings is 3. The Labute approximate surface area is 204 Å². The number of rotatable bonds is 3. The standard InChI is InChI=1S/C28H19BrN2O3/c1-33-26-23(17-30)28(19-8-3-2-4-9-19,20-11-13-21(29)14-12-20)16-24(31-26)22-15-18-7-5-6-10-25(18)34-27(22)32/h2-16,23H,1H3. The molecule has 1 aliphatic heterocycles. The van der Waals surface area contributed by atoms with Gasteiger partial charge in [0.1, 0.15) is 11.5 Å². The molecule has 166 valence electrons. The van der Waals surface area contributed by atoms with Gasteiger partial charge in [-0.05, 0) is 41.5 Å². The number of aliphatic imine (C=N–C) groups is 1. The molecule has 0 amide bonds. The summed E-state index contributed by atoms with van der Waals surface area (Å²) in [4.78, 5) is 17.6. The van der Waals surface area contributed by atoms with Gasteiger partial charge in [-0.2, -0.15) is 5.26 Å². The van der Waals surface area contributed by atoms with Gasteiger partial charge in [0.15, 0.2) is 0 Å².